The van der Waals surface area contributed by atoms with Gasteiger partial charge in [0, 0.05) is 19.8 Å². The number of H-pyrrole nitrogens is 1. The van der Waals surface area contributed by atoms with Crippen molar-refractivity contribution < 1.29 is 9.53 Å². The van der Waals surface area contributed by atoms with Crippen molar-refractivity contribution in [3.63, 3.8) is 0 Å². The molecule has 2 rings (SSSR count). The number of hydrogen-bond donors (Lipinski definition) is 1. The van der Waals surface area contributed by atoms with Crippen molar-refractivity contribution >= 4 is 5.91 Å². The van der Waals surface area contributed by atoms with Crippen LogP contribution in [0.5, 0.6) is 0 Å². The Morgan fingerprint density at radius 3 is 2.76 bits per heavy atom. The molecule has 0 aliphatic rings. The van der Waals surface area contributed by atoms with Gasteiger partial charge in [-0.3, -0.25) is 9.59 Å². The maximum Gasteiger partial charge on any atom is 0.273 e. The molecule has 1 N–H and O–H groups in total. The molecular formula is C15H17N3O3. The van der Waals surface area contributed by atoms with E-state index in [4.69, 9.17) is 4.74 Å². The van der Waals surface area contributed by atoms with Crippen LogP contribution in [0.4, 0.5) is 0 Å². The van der Waals surface area contributed by atoms with Crippen molar-refractivity contribution in [3.8, 4) is 0 Å². The molecule has 0 aliphatic heterocycles. The summed E-state index contributed by atoms with van der Waals surface area (Å²) in [4.78, 5) is 30.6. The Kier molecular flexibility index (Phi) is 5.22. The molecule has 0 bridgehead atoms. The fourth-order valence-corrected chi connectivity index (χ4v) is 1.72. The van der Waals surface area contributed by atoms with Crippen LogP contribution in [-0.4, -0.2) is 41.0 Å². The number of nitrogens with one attached hydrogen (secondary N) is 1. The minimum atomic E-state index is -0.333. The van der Waals surface area contributed by atoms with Gasteiger partial charge in [-0.15, -0.1) is 0 Å². The molecule has 0 radical (unpaired) electrons. The Bertz CT molecular complexity index is 620. The van der Waals surface area contributed by atoms with Crippen molar-refractivity contribution in [2.75, 3.05) is 20.2 Å². The van der Waals surface area contributed by atoms with Gasteiger partial charge in [-0.05, 0) is 5.56 Å². The minimum absolute atomic E-state index is 0.208. The van der Waals surface area contributed by atoms with E-state index in [2.05, 4.69) is 9.97 Å². The molecule has 6 heteroatoms. The first-order valence-electron chi connectivity index (χ1n) is 6.58. The van der Waals surface area contributed by atoms with Crippen LogP contribution in [0.15, 0.2) is 47.5 Å². The summed E-state index contributed by atoms with van der Waals surface area (Å²) in [7, 11) is 1.67. The van der Waals surface area contributed by atoms with E-state index in [1.807, 2.05) is 30.3 Å². The minimum Gasteiger partial charge on any atom is -0.375 e. The van der Waals surface area contributed by atoms with Gasteiger partial charge in [0.25, 0.3) is 11.5 Å². The number of aromatic nitrogens is 2. The number of rotatable bonds is 6. The van der Waals surface area contributed by atoms with Crippen molar-refractivity contribution in [1.29, 1.82) is 0 Å². The molecule has 1 aromatic carbocycles. The zero-order valence-electron chi connectivity index (χ0n) is 11.8. The van der Waals surface area contributed by atoms with E-state index >= 15 is 0 Å². The van der Waals surface area contributed by atoms with Crippen LogP contribution in [0.25, 0.3) is 0 Å². The number of carbonyl (C=O) groups excluding carboxylic acids is 1. The van der Waals surface area contributed by atoms with E-state index in [1.165, 1.54) is 11.1 Å². The Morgan fingerprint density at radius 1 is 1.33 bits per heavy atom. The zero-order valence-corrected chi connectivity index (χ0v) is 11.8. The van der Waals surface area contributed by atoms with Crippen molar-refractivity contribution in [3.05, 3.63) is 64.3 Å². The molecule has 0 saturated heterocycles. The third kappa shape index (κ3) is 4.54. The number of aromatic amines is 1. The second kappa shape index (κ2) is 7.35. The molecule has 0 aliphatic carbocycles. The van der Waals surface area contributed by atoms with E-state index in [1.54, 1.807) is 7.05 Å². The lowest BCUT2D eigenvalue weighted by atomic mass is 10.2. The maximum absolute atomic E-state index is 12.0. The molecule has 0 fully saturated rings. The quantitative estimate of drug-likeness (QED) is 0.806. The molecule has 0 saturated carbocycles. The third-order valence-corrected chi connectivity index (χ3v) is 2.92. The summed E-state index contributed by atoms with van der Waals surface area (Å²) in [5.74, 6) is -0.255. The summed E-state index contributed by atoms with van der Waals surface area (Å²) in [6.07, 6.45) is 2.40. The number of nitrogens with zero attached hydrogens (tertiary/aromatic N) is 2. The molecule has 1 aromatic heterocycles. The summed E-state index contributed by atoms with van der Waals surface area (Å²) in [6, 6.07) is 9.83. The first-order valence-corrected chi connectivity index (χ1v) is 6.58. The van der Waals surface area contributed by atoms with Gasteiger partial charge < -0.3 is 14.6 Å². The zero-order chi connectivity index (χ0) is 15.1. The van der Waals surface area contributed by atoms with Gasteiger partial charge in [0.2, 0.25) is 0 Å². The summed E-state index contributed by atoms with van der Waals surface area (Å²) in [5, 5.41) is 0. The van der Waals surface area contributed by atoms with Gasteiger partial charge in [-0.1, -0.05) is 30.3 Å². The van der Waals surface area contributed by atoms with Crippen LogP contribution < -0.4 is 5.56 Å². The number of hydrogen-bond acceptors (Lipinski definition) is 4. The number of benzene rings is 1. The summed E-state index contributed by atoms with van der Waals surface area (Å²) in [6.45, 7) is 1.40. The van der Waals surface area contributed by atoms with Crippen LogP contribution in [0.1, 0.15) is 16.1 Å². The second-order valence-corrected chi connectivity index (χ2v) is 4.56. The molecule has 1 amide bonds. The molecule has 110 valence electrons. The Labute approximate surface area is 122 Å². The van der Waals surface area contributed by atoms with Crippen LogP contribution >= 0.6 is 0 Å². The summed E-state index contributed by atoms with van der Waals surface area (Å²) in [5.41, 5.74) is 0.967. The van der Waals surface area contributed by atoms with Gasteiger partial charge in [0.15, 0.2) is 0 Å². The first-order chi connectivity index (χ1) is 10.2. The Balaban J connectivity index is 1.76. The van der Waals surface area contributed by atoms with Gasteiger partial charge in [0.05, 0.1) is 19.4 Å². The standard InChI is InChI=1S/C15H17N3O3/c1-18(15(20)13-9-17-14(19)10-16-13)7-8-21-11-12-5-3-2-4-6-12/h2-6,9-10H,7-8,11H2,1H3,(H,17,19). The van der Waals surface area contributed by atoms with Crippen molar-refractivity contribution in [2.24, 2.45) is 0 Å². The van der Waals surface area contributed by atoms with Gasteiger partial charge in [-0.25, -0.2) is 4.98 Å². The van der Waals surface area contributed by atoms with Gasteiger partial charge in [0.1, 0.15) is 5.69 Å². The largest absolute Gasteiger partial charge is 0.375 e. The fraction of sp³-hybridized carbons (Fsp3) is 0.267. The van der Waals surface area contributed by atoms with E-state index in [-0.39, 0.29) is 17.2 Å². The summed E-state index contributed by atoms with van der Waals surface area (Å²) >= 11 is 0. The van der Waals surface area contributed by atoms with Gasteiger partial charge >= 0.3 is 0 Å². The van der Waals surface area contributed by atoms with E-state index in [0.29, 0.717) is 19.8 Å². The third-order valence-electron chi connectivity index (χ3n) is 2.92. The predicted molar refractivity (Wildman–Crippen MR) is 77.9 cm³/mol. The molecular weight excluding hydrogens is 270 g/mol. The van der Waals surface area contributed by atoms with Gasteiger partial charge in [-0.2, -0.15) is 0 Å². The number of amides is 1. The molecule has 6 nitrogen and oxygen atoms in total. The van der Waals surface area contributed by atoms with Crippen molar-refractivity contribution in [2.45, 2.75) is 6.61 Å². The highest BCUT2D eigenvalue weighted by atomic mass is 16.5. The molecule has 2 aromatic rings. The van der Waals surface area contributed by atoms with E-state index in [0.717, 1.165) is 11.8 Å². The Hall–Kier alpha value is -2.47. The smallest absolute Gasteiger partial charge is 0.273 e. The first kappa shape index (κ1) is 14.9. The van der Waals surface area contributed by atoms with Crippen LogP contribution in [0, 0.1) is 0 Å². The topological polar surface area (TPSA) is 75.3 Å². The average Bonchev–Trinajstić information content (AvgIpc) is 2.52. The monoisotopic (exact) mass is 287 g/mol. The lowest BCUT2D eigenvalue weighted by Gasteiger charge is -2.16. The lowest BCUT2D eigenvalue weighted by Crippen LogP contribution is -2.31. The molecule has 0 spiro atoms. The predicted octanol–water partition coefficient (Wildman–Crippen LogP) is 1.06. The highest BCUT2D eigenvalue weighted by molar-refractivity contribution is 5.91. The molecule has 1 heterocycles. The highest BCUT2D eigenvalue weighted by Crippen LogP contribution is 2.01. The van der Waals surface area contributed by atoms with E-state index in [9.17, 15) is 9.59 Å². The SMILES string of the molecule is CN(CCOCc1ccccc1)C(=O)c1c[nH]c(=O)cn1. The van der Waals surface area contributed by atoms with Crippen LogP contribution in [0.3, 0.4) is 0 Å². The number of ether oxygens (including phenoxy) is 1. The average molecular weight is 287 g/mol. The maximum atomic E-state index is 12.0. The fourth-order valence-electron chi connectivity index (χ4n) is 1.72. The van der Waals surface area contributed by atoms with Crippen LogP contribution in [0.2, 0.25) is 0 Å². The van der Waals surface area contributed by atoms with E-state index < -0.39 is 0 Å². The molecule has 21 heavy (non-hydrogen) atoms. The molecule has 0 atom stereocenters. The number of likely N-dealkylation sites (N-methyl/N-ethyl adjacent to an activating group) is 1. The molecule has 0 unspecified atom stereocenters. The normalized spacial score (nSPS) is 10.3. The second-order valence-electron chi connectivity index (χ2n) is 4.56. The number of carbonyl (C=O) groups is 1. The summed E-state index contributed by atoms with van der Waals surface area (Å²) < 4.78 is 5.52. The highest BCUT2D eigenvalue weighted by Gasteiger charge is 2.12. The Morgan fingerprint density at radius 2 is 2.10 bits per heavy atom. The van der Waals surface area contributed by atoms with Crippen molar-refractivity contribution in [1.82, 2.24) is 14.9 Å². The van der Waals surface area contributed by atoms with Crippen LogP contribution in [-0.2, 0) is 11.3 Å². The lowest BCUT2D eigenvalue weighted by molar-refractivity contribution is 0.0665.